The Labute approximate surface area is 195 Å². The molecule has 1 aromatic heterocycles. The molecule has 164 valence electrons. The molecule has 0 fully saturated rings. The standard InChI is InChI=1S/C22H25BrClN5O2/c1-28(2)11-6-12-31-20-10-9-15(13-16(20)21-17(23)14-25-29(21)3)26-22(30)27-19-8-5-4-7-18(19)24/h4-5,7-10,13-14H,6,11-12H2,1-3H3,(H2,26,27,30). The fourth-order valence-corrected chi connectivity index (χ4v) is 3.79. The van der Waals surface area contributed by atoms with Gasteiger partial charge in [0.15, 0.2) is 0 Å². The molecule has 2 aromatic carbocycles. The highest BCUT2D eigenvalue weighted by Crippen LogP contribution is 2.37. The first-order valence-corrected chi connectivity index (χ1v) is 10.9. The molecule has 0 unspecified atom stereocenters. The molecule has 0 aliphatic carbocycles. The van der Waals surface area contributed by atoms with E-state index in [4.69, 9.17) is 16.3 Å². The van der Waals surface area contributed by atoms with Crippen molar-refractivity contribution in [2.45, 2.75) is 6.42 Å². The first kappa shape index (κ1) is 23.1. The molecule has 0 radical (unpaired) electrons. The predicted molar refractivity (Wildman–Crippen MR) is 129 cm³/mol. The number of carbonyl (C=O) groups is 1. The van der Waals surface area contributed by atoms with Crippen LogP contribution in [0.2, 0.25) is 5.02 Å². The van der Waals surface area contributed by atoms with Crippen LogP contribution in [0.25, 0.3) is 11.3 Å². The van der Waals surface area contributed by atoms with Crippen LogP contribution in [0.3, 0.4) is 0 Å². The van der Waals surface area contributed by atoms with E-state index in [0.717, 1.165) is 34.4 Å². The third-order valence-corrected chi connectivity index (χ3v) is 5.43. The summed E-state index contributed by atoms with van der Waals surface area (Å²) < 4.78 is 8.66. The summed E-state index contributed by atoms with van der Waals surface area (Å²) in [6.45, 7) is 1.52. The summed E-state index contributed by atoms with van der Waals surface area (Å²) in [4.78, 5) is 14.6. The Bertz CT molecular complexity index is 1030. The number of anilines is 2. The van der Waals surface area contributed by atoms with Gasteiger partial charge in [-0.05, 0) is 66.8 Å². The van der Waals surface area contributed by atoms with Gasteiger partial charge in [0.25, 0.3) is 0 Å². The second-order valence-electron chi connectivity index (χ2n) is 7.24. The second kappa shape index (κ2) is 10.7. The minimum atomic E-state index is -0.386. The molecule has 0 saturated carbocycles. The first-order chi connectivity index (χ1) is 14.8. The molecule has 3 rings (SSSR count). The number of carbonyl (C=O) groups excluding carboxylic acids is 1. The highest BCUT2D eigenvalue weighted by atomic mass is 79.9. The molecule has 0 aliphatic heterocycles. The monoisotopic (exact) mass is 505 g/mol. The van der Waals surface area contributed by atoms with Gasteiger partial charge >= 0.3 is 6.03 Å². The van der Waals surface area contributed by atoms with Gasteiger partial charge in [-0.25, -0.2) is 4.79 Å². The van der Waals surface area contributed by atoms with Crippen LogP contribution >= 0.6 is 27.5 Å². The molecule has 2 amide bonds. The Morgan fingerprint density at radius 2 is 2.00 bits per heavy atom. The number of ether oxygens (including phenoxy) is 1. The van der Waals surface area contributed by atoms with E-state index >= 15 is 0 Å². The first-order valence-electron chi connectivity index (χ1n) is 9.77. The van der Waals surface area contributed by atoms with Crippen LogP contribution in [0.4, 0.5) is 16.2 Å². The maximum Gasteiger partial charge on any atom is 0.323 e. The summed E-state index contributed by atoms with van der Waals surface area (Å²) in [6.07, 6.45) is 2.63. The maximum absolute atomic E-state index is 12.5. The van der Waals surface area contributed by atoms with E-state index in [9.17, 15) is 4.79 Å². The molecule has 1 heterocycles. The molecule has 7 nitrogen and oxygen atoms in total. The van der Waals surface area contributed by atoms with Crippen molar-refractivity contribution in [1.29, 1.82) is 0 Å². The predicted octanol–water partition coefficient (Wildman–Crippen LogP) is 5.48. The molecule has 0 aliphatic rings. The van der Waals surface area contributed by atoms with E-state index in [1.165, 1.54) is 0 Å². The molecule has 0 bridgehead atoms. The van der Waals surface area contributed by atoms with Crippen LogP contribution in [-0.2, 0) is 7.05 Å². The van der Waals surface area contributed by atoms with Gasteiger partial charge in [-0.1, -0.05) is 23.7 Å². The second-order valence-corrected chi connectivity index (χ2v) is 8.50. The third-order valence-electron chi connectivity index (χ3n) is 4.52. The maximum atomic E-state index is 12.5. The van der Waals surface area contributed by atoms with E-state index in [2.05, 4.69) is 36.6 Å². The number of nitrogens with one attached hydrogen (secondary N) is 2. The Hall–Kier alpha value is -2.55. The molecular weight excluding hydrogens is 482 g/mol. The normalized spacial score (nSPS) is 10.9. The average molecular weight is 507 g/mol. The zero-order valence-electron chi connectivity index (χ0n) is 17.7. The Balaban J connectivity index is 1.81. The van der Waals surface area contributed by atoms with E-state index in [-0.39, 0.29) is 6.03 Å². The number of rotatable bonds is 8. The van der Waals surface area contributed by atoms with Gasteiger partial charge in [0, 0.05) is 24.8 Å². The number of urea groups is 1. The third kappa shape index (κ3) is 6.22. The number of hydrogen-bond acceptors (Lipinski definition) is 4. The fraction of sp³-hybridized carbons (Fsp3) is 0.273. The molecule has 0 atom stereocenters. The Morgan fingerprint density at radius 1 is 1.23 bits per heavy atom. The molecule has 0 saturated heterocycles. The quantitative estimate of drug-likeness (QED) is 0.397. The highest BCUT2D eigenvalue weighted by molar-refractivity contribution is 9.10. The van der Waals surface area contributed by atoms with E-state index in [1.807, 2.05) is 39.3 Å². The van der Waals surface area contributed by atoms with Crippen LogP contribution in [0.15, 0.2) is 53.1 Å². The summed E-state index contributed by atoms with van der Waals surface area (Å²) in [7, 11) is 5.93. The smallest absolute Gasteiger partial charge is 0.323 e. The van der Waals surface area contributed by atoms with Crippen molar-refractivity contribution in [2.75, 3.05) is 37.9 Å². The zero-order chi connectivity index (χ0) is 22.4. The van der Waals surface area contributed by atoms with Crippen LogP contribution in [-0.4, -0.2) is 48.0 Å². The van der Waals surface area contributed by atoms with Gasteiger partial charge < -0.3 is 20.3 Å². The van der Waals surface area contributed by atoms with Gasteiger partial charge in [-0.3, -0.25) is 4.68 Å². The van der Waals surface area contributed by atoms with Gasteiger partial charge in [0.1, 0.15) is 5.75 Å². The van der Waals surface area contributed by atoms with Crippen molar-refractivity contribution in [3.05, 3.63) is 58.2 Å². The number of amides is 2. The summed E-state index contributed by atoms with van der Waals surface area (Å²) in [5.41, 5.74) is 2.84. The lowest BCUT2D eigenvalue weighted by Gasteiger charge is -2.16. The number of aryl methyl sites for hydroxylation is 1. The number of para-hydroxylation sites is 1. The van der Waals surface area contributed by atoms with Crippen LogP contribution < -0.4 is 15.4 Å². The summed E-state index contributed by atoms with van der Waals surface area (Å²) >= 11 is 9.68. The van der Waals surface area contributed by atoms with E-state index in [0.29, 0.717) is 23.0 Å². The Morgan fingerprint density at radius 3 is 2.68 bits per heavy atom. The van der Waals surface area contributed by atoms with Crippen LogP contribution in [0.5, 0.6) is 5.75 Å². The molecular formula is C22H25BrClN5O2. The number of benzene rings is 2. The van der Waals surface area contributed by atoms with Gasteiger partial charge in [-0.15, -0.1) is 0 Å². The van der Waals surface area contributed by atoms with Gasteiger partial charge in [0.05, 0.1) is 33.7 Å². The van der Waals surface area contributed by atoms with Crippen LogP contribution in [0.1, 0.15) is 6.42 Å². The molecule has 0 spiro atoms. The largest absolute Gasteiger partial charge is 0.493 e. The van der Waals surface area contributed by atoms with E-state index in [1.54, 1.807) is 35.1 Å². The topological polar surface area (TPSA) is 71.4 Å². The minimum Gasteiger partial charge on any atom is -0.493 e. The number of halogens is 2. The number of hydrogen-bond donors (Lipinski definition) is 2. The Kier molecular flexibility index (Phi) is 7.95. The fourth-order valence-electron chi connectivity index (χ4n) is 3.04. The van der Waals surface area contributed by atoms with Crippen molar-refractivity contribution >= 4 is 44.9 Å². The van der Waals surface area contributed by atoms with Crippen molar-refractivity contribution in [3.63, 3.8) is 0 Å². The SMILES string of the molecule is CN(C)CCCOc1ccc(NC(=O)Nc2ccccc2Cl)cc1-c1c(Br)cnn1C. The van der Waals surface area contributed by atoms with Crippen molar-refractivity contribution < 1.29 is 9.53 Å². The summed E-state index contributed by atoms with van der Waals surface area (Å²) in [5, 5.41) is 10.4. The van der Waals surface area contributed by atoms with Crippen LogP contribution in [0, 0.1) is 0 Å². The lowest BCUT2D eigenvalue weighted by atomic mass is 10.1. The van der Waals surface area contributed by atoms with Crippen molar-refractivity contribution in [3.8, 4) is 17.0 Å². The molecule has 31 heavy (non-hydrogen) atoms. The van der Waals surface area contributed by atoms with Crippen molar-refractivity contribution in [2.24, 2.45) is 7.05 Å². The minimum absolute atomic E-state index is 0.386. The lowest BCUT2D eigenvalue weighted by molar-refractivity contribution is 0.262. The molecule has 9 heteroatoms. The summed E-state index contributed by atoms with van der Waals surface area (Å²) in [5.74, 6) is 0.722. The summed E-state index contributed by atoms with van der Waals surface area (Å²) in [6, 6.07) is 12.2. The van der Waals surface area contributed by atoms with E-state index < -0.39 is 0 Å². The number of aromatic nitrogens is 2. The van der Waals surface area contributed by atoms with Gasteiger partial charge in [0.2, 0.25) is 0 Å². The van der Waals surface area contributed by atoms with Crippen molar-refractivity contribution in [1.82, 2.24) is 14.7 Å². The lowest BCUT2D eigenvalue weighted by Crippen LogP contribution is -2.19. The van der Waals surface area contributed by atoms with Gasteiger partial charge in [-0.2, -0.15) is 5.10 Å². The molecule has 3 aromatic rings. The molecule has 2 N–H and O–H groups in total. The highest BCUT2D eigenvalue weighted by Gasteiger charge is 2.16. The zero-order valence-corrected chi connectivity index (χ0v) is 20.0. The number of nitrogens with zero attached hydrogens (tertiary/aromatic N) is 3. The average Bonchev–Trinajstić information content (AvgIpc) is 3.05.